The number of hydrogen-bond donors (Lipinski definition) is 1. The summed E-state index contributed by atoms with van der Waals surface area (Å²) in [5.74, 6) is -0.539. The Bertz CT molecular complexity index is 871. The van der Waals surface area contributed by atoms with Crippen molar-refractivity contribution in [1.29, 1.82) is 0 Å². The normalized spacial score (nSPS) is 10.3. The van der Waals surface area contributed by atoms with Crippen molar-refractivity contribution in [2.75, 3.05) is 11.6 Å². The third-order valence-electron chi connectivity index (χ3n) is 3.65. The molecular formula is C20H17NO4S. The van der Waals surface area contributed by atoms with Crippen LogP contribution in [0.4, 0.5) is 5.69 Å². The first-order chi connectivity index (χ1) is 12.7. The highest BCUT2D eigenvalue weighted by molar-refractivity contribution is 7.98. The van der Waals surface area contributed by atoms with E-state index in [1.54, 1.807) is 48.2 Å². The van der Waals surface area contributed by atoms with Gasteiger partial charge in [-0.1, -0.05) is 12.1 Å². The molecule has 0 unspecified atom stereocenters. The zero-order valence-corrected chi connectivity index (χ0v) is 14.9. The third-order valence-corrected chi connectivity index (χ3v) is 4.40. The minimum Gasteiger partial charge on any atom is -0.459 e. The van der Waals surface area contributed by atoms with Crippen LogP contribution in [0.5, 0.6) is 0 Å². The first-order valence-corrected chi connectivity index (χ1v) is 9.13. The van der Waals surface area contributed by atoms with Crippen LogP contribution >= 0.6 is 11.8 Å². The maximum absolute atomic E-state index is 12.1. The van der Waals surface area contributed by atoms with E-state index in [9.17, 15) is 9.59 Å². The predicted octanol–water partition coefficient (Wildman–Crippen LogP) is 4.61. The number of esters is 1. The van der Waals surface area contributed by atoms with Gasteiger partial charge in [-0.05, 0) is 60.4 Å². The largest absolute Gasteiger partial charge is 0.459 e. The minimum absolute atomic E-state index is 0.213. The van der Waals surface area contributed by atoms with Crippen LogP contribution in [0.2, 0.25) is 0 Å². The van der Waals surface area contributed by atoms with E-state index in [0.717, 1.165) is 10.5 Å². The van der Waals surface area contributed by atoms with Crippen LogP contribution in [0.1, 0.15) is 26.5 Å². The Morgan fingerprint density at radius 1 is 1.04 bits per heavy atom. The number of benzene rings is 2. The van der Waals surface area contributed by atoms with Crippen LogP contribution in [0.15, 0.2) is 76.2 Å². The molecule has 0 saturated heterocycles. The number of ether oxygens (including phenoxy) is 1. The van der Waals surface area contributed by atoms with E-state index in [1.165, 1.54) is 6.26 Å². The summed E-state index contributed by atoms with van der Waals surface area (Å²) in [4.78, 5) is 25.2. The molecule has 0 saturated carbocycles. The molecule has 0 aliphatic carbocycles. The van der Waals surface area contributed by atoms with Crippen molar-refractivity contribution in [3.8, 4) is 0 Å². The fourth-order valence-corrected chi connectivity index (χ4v) is 2.65. The molecule has 5 nitrogen and oxygen atoms in total. The van der Waals surface area contributed by atoms with Gasteiger partial charge in [0.05, 0.1) is 11.8 Å². The van der Waals surface area contributed by atoms with Crippen molar-refractivity contribution >= 4 is 29.3 Å². The summed E-state index contributed by atoms with van der Waals surface area (Å²) in [6.45, 7) is 0.213. The molecule has 6 heteroatoms. The molecule has 1 aromatic heterocycles. The molecule has 0 radical (unpaired) electrons. The van der Waals surface area contributed by atoms with E-state index < -0.39 is 5.97 Å². The molecule has 0 aliphatic rings. The smallest absolute Gasteiger partial charge is 0.338 e. The Balaban J connectivity index is 1.55. The molecule has 0 spiro atoms. The van der Waals surface area contributed by atoms with Gasteiger partial charge in [-0.15, -0.1) is 11.8 Å². The van der Waals surface area contributed by atoms with E-state index >= 15 is 0 Å². The van der Waals surface area contributed by atoms with Gasteiger partial charge < -0.3 is 14.5 Å². The fourth-order valence-electron chi connectivity index (χ4n) is 2.24. The van der Waals surface area contributed by atoms with E-state index in [0.29, 0.717) is 11.3 Å². The maximum atomic E-state index is 12.1. The number of amides is 1. The molecule has 2 aromatic carbocycles. The number of hydrogen-bond acceptors (Lipinski definition) is 5. The van der Waals surface area contributed by atoms with Crippen LogP contribution < -0.4 is 5.32 Å². The molecule has 0 fully saturated rings. The highest BCUT2D eigenvalue weighted by Crippen LogP contribution is 2.16. The Hall–Kier alpha value is -2.99. The second kappa shape index (κ2) is 8.40. The molecule has 3 rings (SSSR count). The van der Waals surface area contributed by atoms with Gasteiger partial charge in [0.1, 0.15) is 6.61 Å². The lowest BCUT2D eigenvalue weighted by Gasteiger charge is -2.07. The Morgan fingerprint density at radius 2 is 1.77 bits per heavy atom. The number of furan rings is 1. The monoisotopic (exact) mass is 367 g/mol. The zero-order chi connectivity index (χ0) is 18.4. The summed E-state index contributed by atoms with van der Waals surface area (Å²) in [7, 11) is 0. The highest BCUT2D eigenvalue weighted by Gasteiger charge is 2.11. The number of nitrogens with one attached hydrogen (secondary N) is 1. The van der Waals surface area contributed by atoms with Crippen LogP contribution in [0.25, 0.3) is 0 Å². The zero-order valence-electron chi connectivity index (χ0n) is 14.1. The molecule has 1 amide bonds. The van der Waals surface area contributed by atoms with E-state index in [-0.39, 0.29) is 18.3 Å². The van der Waals surface area contributed by atoms with Crippen LogP contribution in [-0.2, 0) is 11.3 Å². The summed E-state index contributed by atoms with van der Waals surface area (Å²) in [6.07, 6.45) is 3.44. The molecule has 132 valence electrons. The predicted molar refractivity (Wildman–Crippen MR) is 100 cm³/mol. The lowest BCUT2D eigenvalue weighted by Crippen LogP contribution is -2.11. The van der Waals surface area contributed by atoms with Gasteiger partial charge in [-0.25, -0.2) is 4.79 Å². The Morgan fingerprint density at radius 3 is 2.38 bits per heavy atom. The summed E-state index contributed by atoms with van der Waals surface area (Å²) in [5, 5.41) is 2.69. The molecule has 3 aromatic rings. The first kappa shape index (κ1) is 17.8. The lowest BCUT2D eigenvalue weighted by molar-refractivity contribution is 0.0472. The molecule has 0 bridgehead atoms. The van der Waals surface area contributed by atoms with Gasteiger partial charge in [0, 0.05) is 10.6 Å². The van der Waals surface area contributed by atoms with Gasteiger partial charge in [0.15, 0.2) is 5.76 Å². The number of thioether (sulfide) groups is 1. The van der Waals surface area contributed by atoms with Crippen LogP contribution in [0, 0.1) is 0 Å². The second-order valence-electron chi connectivity index (χ2n) is 5.43. The third kappa shape index (κ3) is 4.55. The average Bonchev–Trinajstić information content (AvgIpc) is 3.22. The molecule has 1 heterocycles. The first-order valence-electron chi connectivity index (χ1n) is 7.90. The van der Waals surface area contributed by atoms with E-state index in [1.807, 2.05) is 30.5 Å². The lowest BCUT2D eigenvalue weighted by atomic mass is 10.2. The van der Waals surface area contributed by atoms with Crippen molar-refractivity contribution in [1.82, 2.24) is 0 Å². The van der Waals surface area contributed by atoms with Crippen LogP contribution in [0.3, 0.4) is 0 Å². The molecular weight excluding hydrogens is 350 g/mol. The van der Waals surface area contributed by atoms with Gasteiger partial charge in [-0.3, -0.25) is 4.79 Å². The summed E-state index contributed by atoms with van der Waals surface area (Å²) >= 11 is 1.66. The van der Waals surface area contributed by atoms with Gasteiger partial charge >= 0.3 is 5.97 Å². The second-order valence-corrected chi connectivity index (χ2v) is 6.31. The quantitative estimate of drug-likeness (QED) is 0.509. The van der Waals surface area contributed by atoms with Gasteiger partial charge in [0.2, 0.25) is 0 Å². The van der Waals surface area contributed by atoms with Crippen molar-refractivity contribution in [3.63, 3.8) is 0 Å². The number of carbonyl (C=O) groups is 2. The van der Waals surface area contributed by atoms with E-state index in [4.69, 9.17) is 9.15 Å². The fraction of sp³-hybridized carbons (Fsp3) is 0.100. The highest BCUT2D eigenvalue weighted by atomic mass is 32.2. The SMILES string of the molecule is CSc1ccc(COC(=O)c2ccc(NC(=O)c3ccco3)cc2)cc1. The van der Waals surface area contributed by atoms with E-state index in [2.05, 4.69) is 5.32 Å². The molecule has 0 aliphatic heterocycles. The van der Waals surface area contributed by atoms with Crippen LogP contribution in [-0.4, -0.2) is 18.1 Å². The van der Waals surface area contributed by atoms with Crippen molar-refractivity contribution in [3.05, 3.63) is 83.8 Å². The maximum Gasteiger partial charge on any atom is 0.338 e. The topological polar surface area (TPSA) is 68.5 Å². The molecule has 26 heavy (non-hydrogen) atoms. The van der Waals surface area contributed by atoms with Crippen molar-refractivity contribution in [2.45, 2.75) is 11.5 Å². The Kier molecular flexibility index (Phi) is 5.76. The summed E-state index contributed by atoms with van der Waals surface area (Å²) in [6, 6.07) is 17.6. The molecule has 1 N–H and O–H groups in total. The summed E-state index contributed by atoms with van der Waals surface area (Å²) < 4.78 is 10.3. The van der Waals surface area contributed by atoms with Crippen molar-refractivity contribution in [2.24, 2.45) is 0 Å². The van der Waals surface area contributed by atoms with Gasteiger partial charge in [-0.2, -0.15) is 0 Å². The molecule has 0 atom stereocenters. The van der Waals surface area contributed by atoms with Gasteiger partial charge in [0.25, 0.3) is 5.91 Å². The standard InChI is InChI=1S/C20H17NO4S/c1-26-17-10-4-14(5-11-17)13-25-20(23)15-6-8-16(9-7-15)21-19(22)18-3-2-12-24-18/h2-12H,13H2,1H3,(H,21,22). The number of anilines is 1. The average molecular weight is 367 g/mol. The van der Waals surface area contributed by atoms with Crippen molar-refractivity contribution < 1.29 is 18.7 Å². The number of carbonyl (C=O) groups excluding carboxylic acids is 2. The minimum atomic E-state index is -0.414. The number of rotatable bonds is 6. The Labute approximate surface area is 155 Å². The summed E-state index contributed by atoms with van der Waals surface area (Å²) in [5.41, 5.74) is 1.91.